The van der Waals surface area contributed by atoms with Gasteiger partial charge in [-0.3, -0.25) is 0 Å². The van der Waals surface area contributed by atoms with E-state index < -0.39 is 10.0 Å². The molecule has 0 aliphatic rings. The van der Waals surface area contributed by atoms with Gasteiger partial charge in [0.1, 0.15) is 0 Å². The van der Waals surface area contributed by atoms with Crippen molar-refractivity contribution in [2.45, 2.75) is 43.1 Å². The van der Waals surface area contributed by atoms with Crippen LogP contribution in [0.25, 0.3) is 11.5 Å². The molecule has 3 rings (SSSR count). The maximum Gasteiger partial charge on any atom is 0.277 e. The number of hydrogen-bond donors (Lipinski definition) is 0. The van der Waals surface area contributed by atoms with Crippen LogP contribution in [0.2, 0.25) is 0 Å². The molecule has 0 radical (unpaired) electrons. The summed E-state index contributed by atoms with van der Waals surface area (Å²) in [6, 6.07) is 6.49. The Bertz CT molecular complexity index is 1030. The Hall–Kier alpha value is -2.24. The van der Waals surface area contributed by atoms with Crippen LogP contribution in [0, 0.1) is 0 Å². The minimum absolute atomic E-state index is 0.194. The van der Waals surface area contributed by atoms with E-state index in [-0.39, 0.29) is 10.8 Å². The fourth-order valence-corrected chi connectivity index (χ4v) is 4.61. The number of nitrogens with zero attached hydrogens (tertiary/aromatic N) is 5. The Morgan fingerprint density at radius 1 is 1.14 bits per heavy atom. The zero-order chi connectivity index (χ0) is 20.1. The van der Waals surface area contributed by atoms with E-state index in [1.165, 1.54) is 16.1 Å². The quantitative estimate of drug-likeness (QED) is 0.479. The number of thioether (sulfide) groups is 1. The minimum atomic E-state index is -3.56. The number of benzene rings is 1. The van der Waals surface area contributed by atoms with Gasteiger partial charge in [-0.1, -0.05) is 43.8 Å². The number of aromatic nitrogens is 4. The van der Waals surface area contributed by atoms with E-state index in [9.17, 15) is 8.42 Å². The molecule has 0 aliphatic heterocycles. The molecule has 0 atom stereocenters. The molecule has 0 spiro atoms. The molecular formula is C17H21N5O4S2. The van der Waals surface area contributed by atoms with Crippen molar-refractivity contribution in [3.8, 4) is 11.5 Å². The lowest BCUT2D eigenvalue weighted by Crippen LogP contribution is -2.30. The minimum Gasteiger partial charge on any atom is -0.411 e. The van der Waals surface area contributed by atoms with Crippen LogP contribution in [0.5, 0.6) is 0 Å². The number of sulfonamides is 1. The Morgan fingerprint density at radius 2 is 1.93 bits per heavy atom. The van der Waals surface area contributed by atoms with E-state index in [1.54, 1.807) is 38.1 Å². The molecule has 2 aromatic heterocycles. The Labute approximate surface area is 167 Å². The lowest BCUT2D eigenvalue weighted by atomic mass is 10.2. The van der Waals surface area contributed by atoms with Crippen LogP contribution in [0.1, 0.15) is 32.5 Å². The molecule has 0 bridgehead atoms. The topological polar surface area (TPSA) is 115 Å². The summed E-state index contributed by atoms with van der Waals surface area (Å²) in [5.41, 5.74) is 0.540. The van der Waals surface area contributed by atoms with Gasteiger partial charge >= 0.3 is 0 Å². The maximum absolute atomic E-state index is 12.7. The van der Waals surface area contributed by atoms with Gasteiger partial charge in [0.15, 0.2) is 5.82 Å². The molecule has 1 aromatic carbocycles. The van der Waals surface area contributed by atoms with Gasteiger partial charge in [0.25, 0.3) is 5.22 Å². The SMILES string of the molecule is CCc1noc(CSc2nnc(-c3cccc(S(=O)(=O)N(CC)CC)c3)o2)n1. The van der Waals surface area contributed by atoms with E-state index >= 15 is 0 Å². The standard InChI is InChI=1S/C17H21N5O4S2/c1-4-14-18-15(26-21-14)11-27-17-20-19-16(25-17)12-8-7-9-13(10-12)28(23,24)22(5-2)6-3/h7-10H,4-6,11H2,1-3H3. The Kier molecular flexibility index (Phi) is 6.47. The Morgan fingerprint density at radius 3 is 2.61 bits per heavy atom. The third-order valence-corrected chi connectivity index (χ3v) is 6.83. The summed E-state index contributed by atoms with van der Waals surface area (Å²) in [5, 5.41) is 12.2. The predicted octanol–water partition coefficient (Wildman–Crippen LogP) is 3.00. The van der Waals surface area contributed by atoms with Crippen molar-refractivity contribution in [1.82, 2.24) is 24.6 Å². The third kappa shape index (κ3) is 4.42. The van der Waals surface area contributed by atoms with Gasteiger partial charge in [0, 0.05) is 25.1 Å². The first-order valence-electron chi connectivity index (χ1n) is 8.86. The summed E-state index contributed by atoms with van der Waals surface area (Å²) >= 11 is 1.27. The highest BCUT2D eigenvalue weighted by molar-refractivity contribution is 7.98. The fourth-order valence-electron chi connectivity index (χ4n) is 2.50. The van der Waals surface area contributed by atoms with Crippen molar-refractivity contribution < 1.29 is 17.4 Å². The maximum atomic E-state index is 12.7. The van der Waals surface area contributed by atoms with E-state index in [0.29, 0.717) is 47.8 Å². The zero-order valence-corrected chi connectivity index (χ0v) is 17.5. The molecule has 0 unspecified atom stereocenters. The zero-order valence-electron chi connectivity index (χ0n) is 15.8. The van der Waals surface area contributed by atoms with Gasteiger partial charge in [0.2, 0.25) is 21.8 Å². The molecule has 0 saturated heterocycles. The summed E-state index contributed by atoms with van der Waals surface area (Å²) < 4.78 is 37.6. The molecular weight excluding hydrogens is 402 g/mol. The van der Waals surface area contributed by atoms with E-state index in [1.807, 2.05) is 6.92 Å². The van der Waals surface area contributed by atoms with Crippen molar-refractivity contribution in [3.05, 3.63) is 36.0 Å². The van der Waals surface area contributed by atoms with E-state index in [2.05, 4.69) is 20.3 Å². The van der Waals surface area contributed by atoms with Gasteiger partial charge in [-0.25, -0.2) is 8.42 Å². The smallest absolute Gasteiger partial charge is 0.277 e. The first kappa shape index (κ1) is 20.5. The second-order valence-electron chi connectivity index (χ2n) is 5.74. The summed E-state index contributed by atoms with van der Waals surface area (Å²) in [6.45, 7) is 6.36. The van der Waals surface area contributed by atoms with Crippen LogP contribution >= 0.6 is 11.8 Å². The molecule has 9 nitrogen and oxygen atoms in total. The second-order valence-corrected chi connectivity index (χ2v) is 8.60. The largest absolute Gasteiger partial charge is 0.411 e. The highest BCUT2D eigenvalue weighted by Gasteiger charge is 2.22. The summed E-state index contributed by atoms with van der Waals surface area (Å²) in [4.78, 5) is 4.41. The molecule has 2 heterocycles. The van der Waals surface area contributed by atoms with Crippen LogP contribution < -0.4 is 0 Å². The molecule has 0 N–H and O–H groups in total. The fraction of sp³-hybridized carbons (Fsp3) is 0.412. The first-order valence-corrected chi connectivity index (χ1v) is 11.3. The molecule has 11 heteroatoms. The van der Waals surface area contributed by atoms with Crippen molar-refractivity contribution in [2.75, 3.05) is 13.1 Å². The third-order valence-electron chi connectivity index (χ3n) is 3.98. The monoisotopic (exact) mass is 423 g/mol. The van der Waals surface area contributed by atoms with Crippen LogP contribution in [0.15, 0.2) is 43.3 Å². The van der Waals surface area contributed by atoms with Crippen LogP contribution in [0.4, 0.5) is 0 Å². The van der Waals surface area contributed by atoms with Gasteiger partial charge in [-0.2, -0.15) is 9.29 Å². The molecule has 0 fully saturated rings. The molecule has 0 saturated carbocycles. The predicted molar refractivity (Wildman–Crippen MR) is 103 cm³/mol. The average molecular weight is 424 g/mol. The molecule has 28 heavy (non-hydrogen) atoms. The van der Waals surface area contributed by atoms with E-state index in [4.69, 9.17) is 8.94 Å². The average Bonchev–Trinajstić information content (AvgIpc) is 3.36. The van der Waals surface area contributed by atoms with Crippen molar-refractivity contribution in [2.24, 2.45) is 0 Å². The summed E-state index contributed by atoms with van der Waals surface area (Å²) in [6.07, 6.45) is 0.700. The van der Waals surface area contributed by atoms with Gasteiger partial charge < -0.3 is 8.94 Å². The van der Waals surface area contributed by atoms with Gasteiger partial charge in [0.05, 0.1) is 10.6 Å². The van der Waals surface area contributed by atoms with Crippen molar-refractivity contribution in [3.63, 3.8) is 0 Å². The lowest BCUT2D eigenvalue weighted by molar-refractivity contribution is 0.384. The molecule has 0 amide bonds. The van der Waals surface area contributed by atoms with Crippen LogP contribution in [0.3, 0.4) is 0 Å². The normalized spacial score (nSPS) is 12.0. The molecule has 0 aliphatic carbocycles. The summed E-state index contributed by atoms with van der Waals surface area (Å²) in [7, 11) is -3.56. The lowest BCUT2D eigenvalue weighted by Gasteiger charge is -2.18. The number of aryl methyl sites for hydroxylation is 1. The van der Waals surface area contributed by atoms with Gasteiger partial charge in [-0.15, -0.1) is 10.2 Å². The van der Waals surface area contributed by atoms with Crippen LogP contribution in [-0.4, -0.2) is 46.2 Å². The van der Waals surface area contributed by atoms with Crippen molar-refractivity contribution in [1.29, 1.82) is 0 Å². The van der Waals surface area contributed by atoms with Gasteiger partial charge in [-0.05, 0) is 18.2 Å². The number of hydrogen-bond acceptors (Lipinski definition) is 9. The number of rotatable bonds is 9. The van der Waals surface area contributed by atoms with Crippen LogP contribution in [-0.2, 0) is 22.2 Å². The highest BCUT2D eigenvalue weighted by atomic mass is 32.2. The second kappa shape index (κ2) is 8.84. The first-order chi connectivity index (χ1) is 13.5. The highest BCUT2D eigenvalue weighted by Crippen LogP contribution is 2.27. The summed E-state index contributed by atoms with van der Waals surface area (Å²) in [5.74, 6) is 1.78. The molecule has 3 aromatic rings. The van der Waals surface area contributed by atoms with E-state index in [0.717, 1.165) is 0 Å². The van der Waals surface area contributed by atoms with Crippen molar-refractivity contribution >= 4 is 21.8 Å². The Balaban J connectivity index is 1.76. The molecule has 150 valence electrons.